The first-order valence-electron chi connectivity index (χ1n) is 9.40. The molecule has 0 spiro atoms. The van der Waals surface area contributed by atoms with Crippen molar-refractivity contribution in [1.82, 2.24) is 14.8 Å². The van der Waals surface area contributed by atoms with Gasteiger partial charge in [-0.05, 0) is 55.6 Å². The van der Waals surface area contributed by atoms with Gasteiger partial charge in [-0.3, -0.25) is 4.79 Å². The zero-order valence-electron chi connectivity index (χ0n) is 16.7. The van der Waals surface area contributed by atoms with Crippen molar-refractivity contribution in [2.75, 3.05) is 12.4 Å². The minimum absolute atomic E-state index is 0.107. The Hall–Kier alpha value is -3.52. The number of hydrogen-bond donors (Lipinski definition) is 1. The minimum Gasteiger partial charge on any atom is -0.465 e. The van der Waals surface area contributed by atoms with E-state index in [1.807, 2.05) is 36.0 Å². The maximum absolute atomic E-state index is 13.1. The number of thiophene rings is 1. The molecule has 1 N–H and O–H groups in total. The summed E-state index contributed by atoms with van der Waals surface area (Å²) in [5, 5.41) is 9.99. The standard InChI is InChI=1S/C22H20N4O3S/c1-13(2)26-20-17(12-23-26)16(11-18(25-20)19-5-4-10-30-19)21(27)24-15-8-6-14(7-9-15)22(28)29-3/h4-13H,1-3H3,(H,24,27). The van der Waals surface area contributed by atoms with E-state index in [4.69, 9.17) is 9.72 Å². The molecular weight excluding hydrogens is 400 g/mol. The monoisotopic (exact) mass is 420 g/mol. The number of pyridine rings is 1. The van der Waals surface area contributed by atoms with Gasteiger partial charge in [-0.2, -0.15) is 5.10 Å². The molecule has 1 aromatic carbocycles. The topological polar surface area (TPSA) is 86.1 Å². The number of carbonyl (C=O) groups excluding carboxylic acids is 2. The predicted octanol–water partition coefficient (Wildman–Crippen LogP) is 4.78. The molecule has 0 saturated carbocycles. The maximum atomic E-state index is 13.1. The molecule has 0 atom stereocenters. The first kappa shape index (κ1) is 19.8. The van der Waals surface area contributed by atoms with E-state index in [0.717, 1.165) is 10.6 Å². The first-order chi connectivity index (χ1) is 14.5. The number of amides is 1. The number of hydrogen-bond acceptors (Lipinski definition) is 6. The quantitative estimate of drug-likeness (QED) is 0.470. The van der Waals surface area contributed by atoms with Crippen molar-refractivity contribution in [1.29, 1.82) is 0 Å². The number of rotatable bonds is 5. The average Bonchev–Trinajstić information content (AvgIpc) is 3.42. The van der Waals surface area contributed by atoms with Crippen LogP contribution in [0, 0.1) is 0 Å². The van der Waals surface area contributed by atoms with Crippen LogP contribution in [-0.2, 0) is 4.74 Å². The summed E-state index contributed by atoms with van der Waals surface area (Å²) in [5.74, 6) is -0.695. The minimum atomic E-state index is -0.426. The zero-order valence-corrected chi connectivity index (χ0v) is 17.6. The Kier molecular flexibility index (Phi) is 5.33. The highest BCUT2D eigenvalue weighted by Crippen LogP contribution is 2.29. The van der Waals surface area contributed by atoms with Gasteiger partial charge in [0.05, 0.1) is 40.4 Å². The molecule has 0 aliphatic heterocycles. The third-order valence-corrected chi connectivity index (χ3v) is 5.53. The molecule has 0 aliphatic carbocycles. The second kappa shape index (κ2) is 8.08. The van der Waals surface area contributed by atoms with E-state index in [-0.39, 0.29) is 11.9 Å². The van der Waals surface area contributed by atoms with Gasteiger partial charge < -0.3 is 10.1 Å². The highest BCUT2D eigenvalue weighted by Gasteiger charge is 2.19. The van der Waals surface area contributed by atoms with Gasteiger partial charge in [-0.1, -0.05) is 6.07 Å². The van der Waals surface area contributed by atoms with Crippen LogP contribution in [0.2, 0.25) is 0 Å². The molecule has 1 amide bonds. The lowest BCUT2D eigenvalue weighted by Gasteiger charge is -2.11. The largest absolute Gasteiger partial charge is 0.465 e. The number of nitrogens with one attached hydrogen (secondary N) is 1. The predicted molar refractivity (Wildman–Crippen MR) is 117 cm³/mol. The van der Waals surface area contributed by atoms with E-state index in [0.29, 0.717) is 27.8 Å². The van der Waals surface area contributed by atoms with Crippen molar-refractivity contribution >= 4 is 39.9 Å². The fourth-order valence-corrected chi connectivity index (χ4v) is 3.83. The molecule has 4 aromatic rings. The summed E-state index contributed by atoms with van der Waals surface area (Å²) in [4.78, 5) is 30.5. The number of anilines is 1. The normalized spacial score (nSPS) is 11.1. The van der Waals surface area contributed by atoms with Gasteiger partial charge >= 0.3 is 5.97 Å². The smallest absolute Gasteiger partial charge is 0.337 e. The van der Waals surface area contributed by atoms with Crippen LogP contribution in [0.15, 0.2) is 54.0 Å². The Balaban J connectivity index is 1.73. The highest BCUT2D eigenvalue weighted by atomic mass is 32.1. The molecule has 0 radical (unpaired) electrons. The van der Waals surface area contributed by atoms with Gasteiger partial charge in [0.1, 0.15) is 0 Å². The van der Waals surface area contributed by atoms with Crippen molar-refractivity contribution in [3.05, 3.63) is 65.2 Å². The molecule has 7 nitrogen and oxygen atoms in total. The van der Waals surface area contributed by atoms with E-state index < -0.39 is 5.97 Å². The number of nitrogens with zero attached hydrogens (tertiary/aromatic N) is 3. The van der Waals surface area contributed by atoms with Crippen LogP contribution in [0.25, 0.3) is 21.6 Å². The third kappa shape index (κ3) is 3.69. The summed E-state index contributed by atoms with van der Waals surface area (Å²) in [5.41, 5.74) is 2.88. The number of aromatic nitrogens is 3. The Labute approximate surface area is 177 Å². The second-order valence-electron chi connectivity index (χ2n) is 6.98. The molecule has 30 heavy (non-hydrogen) atoms. The lowest BCUT2D eigenvalue weighted by molar-refractivity contribution is 0.0600. The van der Waals surface area contributed by atoms with E-state index in [1.165, 1.54) is 7.11 Å². The number of fused-ring (bicyclic) bond motifs is 1. The van der Waals surface area contributed by atoms with E-state index in [2.05, 4.69) is 10.4 Å². The molecule has 0 bridgehead atoms. The number of esters is 1. The van der Waals surface area contributed by atoms with Crippen LogP contribution in [0.5, 0.6) is 0 Å². The summed E-state index contributed by atoms with van der Waals surface area (Å²) in [6, 6.07) is 12.4. The Morgan fingerprint density at radius 1 is 1.17 bits per heavy atom. The lowest BCUT2D eigenvalue weighted by atomic mass is 10.1. The van der Waals surface area contributed by atoms with Gasteiger partial charge in [0.2, 0.25) is 0 Å². The van der Waals surface area contributed by atoms with Gasteiger partial charge in [0, 0.05) is 11.7 Å². The molecule has 0 saturated heterocycles. The van der Waals surface area contributed by atoms with Crippen molar-refractivity contribution in [3.63, 3.8) is 0 Å². The van der Waals surface area contributed by atoms with E-state index >= 15 is 0 Å². The number of carbonyl (C=O) groups is 2. The molecular formula is C22H20N4O3S. The summed E-state index contributed by atoms with van der Waals surface area (Å²) < 4.78 is 6.52. The zero-order chi connectivity index (χ0) is 21.3. The number of methoxy groups -OCH3 is 1. The Morgan fingerprint density at radius 3 is 2.57 bits per heavy atom. The van der Waals surface area contributed by atoms with Crippen molar-refractivity contribution in [2.45, 2.75) is 19.9 Å². The SMILES string of the molecule is COC(=O)c1ccc(NC(=O)c2cc(-c3cccs3)nc3c2cnn3C(C)C)cc1. The van der Waals surface area contributed by atoms with Crippen LogP contribution in [-0.4, -0.2) is 33.8 Å². The van der Waals surface area contributed by atoms with Crippen LogP contribution in [0.1, 0.15) is 40.6 Å². The molecule has 4 rings (SSSR count). The summed E-state index contributed by atoms with van der Waals surface area (Å²) in [7, 11) is 1.33. The maximum Gasteiger partial charge on any atom is 0.337 e. The van der Waals surface area contributed by atoms with Crippen LogP contribution >= 0.6 is 11.3 Å². The van der Waals surface area contributed by atoms with E-state index in [9.17, 15) is 9.59 Å². The van der Waals surface area contributed by atoms with Crippen molar-refractivity contribution < 1.29 is 14.3 Å². The molecule has 0 aliphatic rings. The average molecular weight is 420 g/mol. The van der Waals surface area contributed by atoms with E-state index in [1.54, 1.807) is 47.9 Å². The third-order valence-electron chi connectivity index (χ3n) is 4.64. The number of ether oxygens (including phenoxy) is 1. The Morgan fingerprint density at radius 2 is 1.93 bits per heavy atom. The summed E-state index contributed by atoms with van der Waals surface area (Å²) >= 11 is 1.56. The fraction of sp³-hybridized carbons (Fsp3) is 0.182. The lowest BCUT2D eigenvalue weighted by Crippen LogP contribution is -2.13. The summed E-state index contributed by atoms with van der Waals surface area (Å²) in [6.45, 7) is 4.04. The van der Waals surface area contributed by atoms with Gasteiger partial charge in [0.15, 0.2) is 5.65 Å². The summed E-state index contributed by atoms with van der Waals surface area (Å²) in [6.07, 6.45) is 1.68. The van der Waals surface area contributed by atoms with Crippen LogP contribution in [0.3, 0.4) is 0 Å². The first-order valence-corrected chi connectivity index (χ1v) is 10.3. The van der Waals surface area contributed by atoms with Crippen molar-refractivity contribution in [2.24, 2.45) is 0 Å². The second-order valence-corrected chi connectivity index (χ2v) is 7.92. The van der Waals surface area contributed by atoms with Crippen molar-refractivity contribution in [3.8, 4) is 10.6 Å². The highest BCUT2D eigenvalue weighted by molar-refractivity contribution is 7.13. The number of benzene rings is 1. The van der Waals surface area contributed by atoms with Gasteiger partial charge in [-0.15, -0.1) is 11.3 Å². The molecule has 8 heteroatoms. The molecule has 3 heterocycles. The van der Waals surface area contributed by atoms with Gasteiger partial charge in [-0.25, -0.2) is 14.5 Å². The molecule has 0 unspecified atom stereocenters. The molecule has 3 aromatic heterocycles. The fourth-order valence-electron chi connectivity index (χ4n) is 3.14. The van der Waals surface area contributed by atoms with Crippen LogP contribution in [0.4, 0.5) is 5.69 Å². The Bertz CT molecular complexity index is 1210. The van der Waals surface area contributed by atoms with Crippen LogP contribution < -0.4 is 5.32 Å². The molecule has 152 valence electrons. The molecule has 0 fully saturated rings. The van der Waals surface area contributed by atoms with Gasteiger partial charge in [0.25, 0.3) is 5.91 Å².